The predicted octanol–water partition coefficient (Wildman–Crippen LogP) is 0.749. The van der Waals surface area contributed by atoms with Gasteiger partial charge in [-0.25, -0.2) is 13.1 Å². The molecule has 1 aliphatic rings. The van der Waals surface area contributed by atoms with Crippen molar-refractivity contribution in [2.75, 3.05) is 6.54 Å². The van der Waals surface area contributed by atoms with Gasteiger partial charge in [0.1, 0.15) is 0 Å². The number of aliphatic hydroxyl groups excluding tert-OH is 1. The van der Waals surface area contributed by atoms with E-state index >= 15 is 0 Å². The van der Waals surface area contributed by atoms with Gasteiger partial charge in [-0.3, -0.25) is 0 Å². The van der Waals surface area contributed by atoms with Gasteiger partial charge in [-0.1, -0.05) is 12.1 Å². The monoisotopic (exact) mass is 280 g/mol. The third-order valence-corrected chi connectivity index (χ3v) is 4.44. The van der Waals surface area contributed by atoms with E-state index in [1.165, 1.54) is 0 Å². The first-order valence-corrected chi connectivity index (χ1v) is 7.80. The van der Waals surface area contributed by atoms with Crippen molar-refractivity contribution in [3.05, 3.63) is 35.4 Å². The lowest BCUT2D eigenvalue weighted by atomic mass is 10.2. The number of hydrogen-bond acceptors (Lipinski definition) is 4. The van der Waals surface area contributed by atoms with E-state index in [0.717, 1.165) is 12.8 Å². The lowest BCUT2D eigenvalue weighted by Gasteiger charge is -2.11. The summed E-state index contributed by atoms with van der Waals surface area (Å²) in [6, 6.07) is 8.39. The van der Waals surface area contributed by atoms with Crippen LogP contribution in [0.2, 0.25) is 0 Å². The molecule has 0 amide bonds. The molecule has 2 N–H and O–H groups in total. The quantitative estimate of drug-likeness (QED) is 0.804. The van der Waals surface area contributed by atoms with Gasteiger partial charge in [0, 0.05) is 6.54 Å². The molecule has 1 aliphatic carbocycles. The summed E-state index contributed by atoms with van der Waals surface area (Å²) in [4.78, 5) is 0. The fourth-order valence-corrected chi connectivity index (χ4v) is 2.96. The van der Waals surface area contributed by atoms with Crippen molar-refractivity contribution in [2.45, 2.75) is 24.7 Å². The fraction of sp³-hybridized carbons (Fsp3) is 0.462. The Morgan fingerprint density at radius 2 is 2.00 bits per heavy atom. The van der Waals surface area contributed by atoms with Crippen molar-refractivity contribution in [2.24, 2.45) is 5.92 Å². The molecule has 1 aromatic carbocycles. The predicted molar refractivity (Wildman–Crippen MR) is 70.5 cm³/mol. The van der Waals surface area contributed by atoms with Crippen LogP contribution in [0.4, 0.5) is 0 Å². The van der Waals surface area contributed by atoms with Gasteiger partial charge >= 0.3 is 0 Å². The number of nitrogens with one attached hydrogen (secondary N) is 1. The highest BCUT2D eigenvalue weighted by Gasteiger charge is 2.30. The van der Waals surface area contributed by atoms with E-state index in [-0.39, 0.29) is 18.2 Å². The Kier molecular flexibility index (Phi) is 4.20. The number of benzene rings is 1. The topological polar surface area (TPSA) is 90.2 Å². The molecule has 1 aromatic rings. The number of nitriles is 1. The summed E-state index contributed by atoms with van der Waals surface area (Å²) >= 11 is 0. The maximum Gasteiger partial charge on any atom is 0.215 e. The van der Waals surface area contributed by atoms with Crippen LogP contribution in [0.1, 0.15) is 24.0 Å². The second-order valence-corrected chi connectivity index (χ2v) is 6.63. The summed E-state index contributed by atoms with van der Waals surface area (Å²) in [5.74, 6) is 0.105. The van der Waals surface area contributed by atoms with Gasteiger partial charge in [0.15, 0.2) is 0 Å². The molecule has 1 atom stereocenters. The normalized spacial score (nSPS) is 16.8. The van der Waals surface area contributed by atoms with Crippen molar-refractivity contribution in [3.8, 4) is 6.07 Å². The second kappa shape index (κ2) is 5.70. The molecule has 1 unspecified atom stereocenters. The van der Waals surface area contributed by atoms with Crippen LogP contribution in [0.3, 0.4) is 0 Å². The molecule has 0 radical (unpaired) electrons. The van der Waals surface area contributed by atoms with Crippen LogP contribution >= 0.6 is 0 Å². The van der Waals surface area contributed by atoms with Crippen LogP contribution in [0.5, 0.6) is 0 Å². The Balaban J connectivity index is 1.90. The molecule has 0 heterocycles. The summed E-state index contributed by atoms with van der Waals surface area (Å²) < 4.78 is 26.0. The van der Waals surface area contributed by atoms with E-state index in [2.05, 4.69) is 4.72 Å². The third-order valence-electron chi connectivity index (χ3n) is 3.12. The average Bonchev–Trinajstić information content (AvgIpc) is 3.21. The van der Waals surface area contributed by atoms with Crippen molar-refractivity contribution in [1.29, 1.82) is 5.26 Å². The Bertz CT molecular complexity index is 571. The lowest BCUT2D eigenvalue weighted by Crippen LogP contribution is -2.33. The minimum absolute atomic E-state index is 0.0727. The summed E-state index contributed by atoms with van der Waals surface area (Å²) in [5, 5.41) is 18.3. The van der Waals surface area contributed by atoms with Crippen LogP contribution in [0.25, 0.3) is 0 Å². The molecule has 5 nitrogen and oxygen atoms in total. The Morgan fingerprint density at radius 1 is 1.37 bits per heavy atom. The standard InChI is InChI=1S/C13H16N2O3S/c14-7-10-1-3-11(4-2-10)9-19(17,18)15-8-13(16)12-5-6-12/h1-4,12-13,15-16H,5-6,8-9H2. The summed E-state index contributed by atoms with van der Waals surface area (Å²) in [6.07, 6.45) is 1.35. The van der Waals surface area contributed by atoms with Crippen molar-refractivity contribution in [3.63, 3.8) is 0 Å². The molecule has 0 aromatic heterocycles. The third kappa shape index (κ3) is 4.31. The summed E-state index contributed by atoms with van der Waals surface area (Å²) in [7, 11) is -3.45. The minimum atomic E-state index is -3.45. The summed E-state index contributed by atoms with van der Waals surface area (Å²) in [5.41, 5.74) is 1.12. The minimum Gasteiger partial charge on any atom is -0.391 e. The zero-order valence-corrected chi connectivity index (χ0v) is 11.2. The number of rotatable bonds is 6. The first-order chi connectivity index (χ1) is 9.00. The van der Waals surface area contributed by atoms with Gasteiger partial charge in [0.25, 0.3) is 0 Å². The number of hydrogen-bond donors (Lipinski definition) is 2. The molecule has 1 fully saturated rings. The van der Waals surface area contributed by atoms with E-state index in [1.54, 1.807) is 24.3 Å². The first kappa shape index (κ1) is 14.0. The second-order valence-electron chi connectivity index (χ2n) is 4.82. The SMILES string of the molecule is N#Cc1ccc(CS(=O)(=O)NCC(O)C2CC2)cc1. The molecule has 0 spiro atoms. The number of aliphatic hydroxyl groups is 1. The van der Waals surface area contributed by atoms with Crippen LogP contribution in [-0.4, -0.2) is 26.2 Å². The van der Waals surface area contributed by atoms with Gasteiger partial charge in [0.2, 0.25) is 10.0 Å². The fourth-order valence-electron chi connectivity index (χ4n) is 1.81. The van der Waals surface area contributed by atoms with Crippen LogP contribution < -0.4 is 4.72 Å². The first-order valence-electron chi connectivity index (χ1n) is 6.14. The molecule has 6 heteroatoms. The molecule has 102 valence electrons. The van der Waals surface area contributed by atoms with Gasteiger partial charge in [-0.15, -0.1) is 0 Å². The van der Waals surface area contributed by atoms with Crippen LogP contribution in [0.15, 0.2) is 24.3 Å². The molecule has 0 saturated heterocycles. The lowest BCUT2D eigenvalue weighted by molar-refractivity contribution is 0.155. The number of nitrogens with zero attached hydrogens (tertiary/aromatic N) is 1. The van der Waals surface area contributed by atoms with Gasteiger partial charge < -0.3 is 5.11 Å². The maximum atomic E-state index is 11.8. The highest BCUT2D eigenvalue weighted by molar-refractivity contribution is 7.88. The molecular weight excluding hydrogens is 264 g/mol. The smallest absolute Gasteiger partial charge is 0.215 e. The van der Waals surface area contributed by atoms with E-state index in [0.29, 0.717) is 11.1 Å². The highest BCUT2D eigenvalue weighted by Crippen LogP contribution is 2.32. The molecular formula is C13H16N2O3S. The van der Waals surface area contributed by atoms with Crippen molar-refractivity contribution < 1.29 is 13.5 Å². The Labute approximate surface area is 112 Å². The van der Waals surface area contributed by atoms with Gasteiger partial charge in [0.05, 0.1) is 23.5 Å². The van der Waals surface area contributed by atoms with Crippen LogP contribution in [-0.2, 0) is 15.8 Å². The van der Waals surface area contributed by atoms with Gasteiger partial charge in [-0.05, 0) is 36.5 Å². The van der Waals surface area contributed by atoms with E-state index < -0.39 is 16.1 Å². The summed E-state index contributed by atoms with van der Waals surface area (Å²) in [6.45, 7) is 0.0727. The molecule has 0 bridgehead atoms. The number of sulfonamides is 1. The van der Waals surface area contributed by atoms with E-state index in [9.17, 15) is 13.5 Å². The van der Waals surface area contributed by atoms with E-state index in [4.69, 9.17) is 5.26 Å². The van der Waals surface area contributed by atoms with Crippen molar-refractivity contribution in [1.82, 2.24) is 4.72 Å². The van der Waals surface area contributed by atoms with Crippen LogP contribution in [0, 0.1) is 17.2 Å². The zero-order valence-electron chi connectivity index (χ0n) is 10.4. The molecule has 19 heavy (non-hydrogen) atoms. The zero-order chi connectivity index (χ0) is 13.9. The average molecular weight is 280 g/mol. The Morgan fingerprint density at radius 3 is 2.53 bits per heavy atom. The maximum absolute atomic E-state index is 11.8. The molecule has 0 aliphatic heterocycles. The molecule has 2 rings (SSSR count). The van der Waals surface area contributed by atoms with Gasteiger partial charge in [-0.2, -0.15) is 5.26 Å². The largest absolute Gasteiger partial charge is 0.391 e. The van der Waals surface area contributed by atoms with Crippen molar-refractivity contribution >= 4 is 10.0 Å². The molecule has 1 saturated carbocycles. The Hall–Kier alpha value is -1.42. The van der Waals surface area contributed by atoms with E-state index in [1.807, 2.05) is 6.07 Å². The highest BCUT2D eigenvalue weighted by atomic mass is 32.2.